The molecule has 1 unspecified atom stereocenters. The lowest BCUT2D eigenvalue weighted by atomic mass is 10.1. The summed E-state index contributed by atoms with van der Waals surface area (Å²) in [4.78, 5) is 21.9. The first kappa shape index (κ1) is 17.8. The van der Waals surface area contributed by atoms with Crippen LogP contribution in [0.1, 0.15) is 23.0 Å². The molecule has 0 aliphatic carbocycles. The summed E-state index contributed by atoms with van der Waals surface area (Å²) in [7, 11) is 1.61. The highest BCUT2D eigenvalue weighted by molar-refractivity contribution is 5.93. The summed E-state index contributed by atoms with van der Waals surface area (Å²) < 4.78 is 7.08. The van der Waals surface area contributed by atoms with Crippen LogP contribution in [0.5, 0.6) is 5.75 Å². The summed E-state index contributed by atoms with van der Waals surface area (Å²) in [5, 5.41) is 6.45. The molecule has 2 heterocycles. The molecule has 0 saturated heterocycles. The van der Waals surface area contributed by atoms with Crippen molar-refractivity contribution in [1.29, 1.82) is 0 Å². The molecule has 0 fully saturated rings. The predicted molar refractivity (Wildman–Crippen MR) is 109 cm³/mol. The molecular formula is C21H21N5O2. The number of methoxy groups -OCH3 is 1. The van der Waals surface area contributed by atoms with Gasteiger partial charge in [-0.05, 0) is 18.6 Å². The van der Waals surface area contributed by atoms with E-state index >= 15 is 0 Å². The van der Waals surface area contributed by atoms with Crippen molar-refractivity contribution < 1.29 is 4.74 Å². The topological polar surface area (TPSA) is 80.5 Å². The Morgan fingerprint density at radius 3 is 2.68 bits per heavy atom. The fraction of sp³-hybridized carbons (Fsp3) is 0.190. The van der Waals surface area contributed by atoms with E-state index in [0.29, 0.717) is 29.9 Å². The van der Waals surface area contributed by atoms with Crippen LogP contribution in [0, 0.1) is 6.92 Å². The monoisotopic (exact) mass is 375 g/mol. The maximum atomic E-state index is 12.7. The van der Waals surface area contributed by atoms with Crippen LogP contribution in [0.3, 0.4) is 0 Å². The quantitative estimate of drug-likeness (QED) is 0.733. The van der Waals surface area contributed by atoms with E-state index in [1.54, 1.807) is 18.6 Å². The van der Waals surface area contributed by atoms with E-state index in [0.717, 1.165) is 11.1 Å². The average molecular weight is 375 g/mol. The second kappa shape index (κ2) is 7.56. The zero-order valence-electron chi connectivity index (χ0n) is 15.7. The Labute approximate surface area is 162 Å². The van der Waals surface area contributed by atoms with Gasteiger partial charge in [0.2, 0.25) is 5.95 Å². The number of fused-ring (bicyclic) bond motifs is 1. The zero-order chi connectivity index (χ0) is 19.5. The molecule has 4 rings (SSSR count). The Morgan fingerprint density at radius 2 is 1.89 bits per heavy atom. The first-order chi connectivity index (χ1) is 13.7. The number of rotatable bonds is 4. The molecule has 28 heavy (non-hydrogen) atoms. The van der Waals surface area contributed by atoms with Gasteiger partial charge in [0, 0.05) is 17.3 Å². The second-order valence-electron chi connectivity index (χ2n) is 6.49. The minimum absolute atomic E-state index is 0.152. The molecule has 1 aliphatic heterocycles. The van der Waals surface area contributed by atoms with Gasteiger partial charge in [-0.2, -0.15) is 0 Å². The number of nitrogens with zero attached hydrogens (tertiary/aromatic N) is 3. The molecule has 0 bridgehead atoms. The van der Waals surface area contributed by atoms with Crippen molar-refractivity contribution in [2.75, 3.05) is 12.4 Å². The average Bonchev–Trinajstić information content (AvgIpc) is 2.72. The van der Waals surface area contributed by atoms with Crippen molar-refractivity contribution in [2.24, 2.45) is 4.99 Å². The third kappa shape index (κ3) is 3.46. The highest BCUT2D eigenvalue weighted by Gasteiger charge is 2.28. The smallest absolute Gasteiger partial charge is 0.257 e. The van der Waals surface area contributed by atoms with Crippen LogP contribution in [0.2, 0.25) is 0 Å². The number of hydrogen-bond donors (Lipinski definition) is 2. The summed E-state index contributed by atoms with van der Waals surface area (Å²) in [6.07, 6.45) is -0.484. The van der Waals surface area contributed by atoms with Gasteiger partial charge in [-0.25, -0.2) is 9.98 Å². The van der Waals surface area contributed by atoms with Crippen LogP contribution >= 0.6 is 0 Å². The molecule has 1 aromatic heterocycles. The highest BCUT2D eigenvalue weighted by Crippen LogP contribution is 2.28. The summed E-state index contributed by atoms with van der Waals surface area (Å²) in [6, 6.07) is 19.1. The number of guanidine groups is 1. The summed E-state index contributed by atoms with van der Waals surface area (Å²) in [5.74, 6) is 1.69. The minimum atomic E-state index is -0.484. The van der Waals surface area contributed by atoms with Crippen LogP contribution in [-0.4, -0.2) is 22.6 Å². The van der Waals surface area contributed by atoms with Gasteiger partial charge in [0.25, 0.3) is 5.56 Å². The van der Waals surface area contributed by atoms with Crippen molar-refractivity contribution in [1.82, 2.24) is 14.9 Å². The van der Waals surface area contributed by atoms with Crippen molar-refractivity contribution in [3.05, 3.63) is 87.8 Å². The standard InChI is InChI=1S/C21H21N5O2/c1-14-12-18(27)26-19(16-10-6-7-11-17(16)28-2)24-20(25-21(26)23-14)22-13-15-8-4-3-5-9-15/h3-12,19H,13H2,1-2H3,(H2,22,23,24,25). The number of para-hydroxylation sites is 1. The van der Waals surface area contributed by atoms with Crippen LogP contribution < -0.4 is 20.9 Å². The third-order valence-electron chi connectivity index (χ3n) is 4.54. The van der Waals surface area contributed by atoms with E-state index in [-0.39, 0.29) is 5.56 Å². The van der Waals surface area contributed by atoms with Gasteiger partial charge in [0.05, 0.1) is 13.7 Å². The lowest BCUT2D eigenvalue weighted by molar-refractivity contribution is 0.395. The zero-order valence-corrected chi connectivity index (χ0v) is 15.7. The number of benzene rings is 2. The molecule has 1 atom stereocenters. The fourth-order valence-electron chi connectivity index (χ4n) is 3.23. The predicted octanol–water partition coefficient (Wildman–Crippen LogP) is 2.68. The molecule has 7 nitrogen and oxygen atoms in total. The Bertz CT molecular complexity index is 1080. The van der Waals surface area contributed by atoms with Gasteiger partial charge < -0.3 is 10.1 Å². The van der Waals surface area contributed by atoms with Gasteiger partial charge in [0.1, 0.15) is 11.9 Å². The Hall–Kier alpha value is -3.61. The molecule has 142 valence electrons. The van der Waals surface area contributed by atoms with Gasteiger partial charge in [-0.1, -0.05) is 48.5 Å². The molecule has 2 aromatic carbocycles. The van der Waals surface area contributed by atoms with Crippen molar-refractivity contribution in [2.45, 2.75) is 19.6 Å². The first-order valence-electron chi connectivity index (χ1n) is 9.01. The molecule has 0 saturated carbocycles. The van der Waals surface area contributed by atoms with Gasteiger partial charge in [-0.3, -0.25) is 14.7 Å². The van der Waals surface area contributed by atoms with E-state index < -0.39 is 6.17 Å². The highest BCUT2D eigenvalue weighted by atomic mass is 16.5. The number of hydrogen-bond acceptors (Lipinski definition) is 4. The van der Waals surface area contributed by atoms with Gasteiger partial charge >= 0.3 is 0 Å². The maximum Gasteiger partial charge on any atom is 0.257 e. The number of aryl methyl sites for hydroxylation is 1. The van der Waals surface area contributed by atoms with Gasteiger partial charge in [-0.15, -0.1) is 0 Å². The largest absolute Gasteiger partial charge is 0.496 e. The first-order valence-corrected chi connectivity index (χ1v) is 9.01. The molecule has 0 radical (unpaired) electrons. The molecule has 0 amide bonds. The third-order valence-corrected chi connectivity index (χ3v) is 4.54. The Morgan fingerprint density at radius 1 is 1.14 bits per heavy atom. The maximum absolute atomic E-state index is 12.7. The molecule has 2 N–H and O–H groups in total. The normalized spacial score (nSPS) is 16.8. The van der Waals surface area contributed by atoms with E-state index in [2.05, 4.69) is 20.6 Å². The summed E-state index contributed by atoms with van der Waals surface area (Å²) >= 11 is 0. The Kier molecular flexibility index (Phi) is 4.80. The van der Waals surface area contributed by atoms with Crippen molar-refractivity contribution >= 4 is 11.9 Å². The summed E-state index contributed by atoms with van der Waals surface area (Å²) in [5.41, 5.74) is 2.41. The van der Waals surface area contributed by atoms with E-state index in [9.17, 15) is 4.79 Å². The van der Waals surface area contributed by atoms with Crippen molar-refractivity contribution in [3.63, 3.8) is 0 Å². The van der Waals surface area contributed by atoms with Gasteiger partial charge in [0.15, 0.2) is 5.96 Å². The fourth-order valence-corrected chi connectivity index (χ4v) is 3.23. The number of aliphatic imine (C=N–C) groups is 1. The van der Waals surface area contributed by atoms with E-state index in [1.165, 1.54) is 6.07 Å². The van der Waals surface area contributed by atoms with Crippen LogP contribution in [0.25, 0.3) is 0 Å². The number of anilines is 1. The second-order valence-corrected chi connectivity index (χ2v) is 6.49. The van der Waals surface area contributed by atoms with Crippen LogP contribution in [0.4, 0.5) is 5.95 Å². The summed E-state index contributed by atoms with van der Waals surface area (Å²) in [6.45, 7) is 2.30. The lowest BCUT2D eigenvalue weighted by Crippen LogP contribution is -2.48. The van der Waals surface area contributed by atoms with E-state index in [1.807, 2.05) is 54.6 Å². The van der Waals surface area contributed by atoms with Crippen LogP contribution in [-0.2, 0) is 6.54 Å². The molecule has 7 heteroatoms. The molecular weight excluding hydrogens is 354 g/mol. The van der Waals surface area contributed by atoms with E-state index in [4.69, 9.17) is 4.74 Å². The molecule has 3 aromatic rings. The van der Waals surface area contributed by atoms with Crippen LogP contribution in [0.15, 0.2) is 70.5 Å². The molecule has 0 spiro atoms. The van der Waals surface area contributed by atoms with Crippen molar-refractivity contribution in [3.8, 4) is 5.75 Å². The Balaban J connectivity index is 1.77. The lowest BCUT2D eigenvalue weighted by Gasteiger charge is -2.31. The molecule has 1 aliphatic rings. The minimum Gasteiger partial charge on any atom is -0.496 e. The number of ether oxygens (including phenoxy) is 1. The number of nitrogens with one attached hydrogen (secondary N) is 2. The SMILES string of the molecule is COc1ccccc1C1NC(=NCc2ccccc2)Nc2nc(C)cc(=O)n21. The number of aromatic nitrogens is 2.